The molecule has 78 valence electrons. The summed E-state index contributed by atoms with van der Waals surface area (Å²) in [6.45, 7) is 0. The molecule has 1 aromatic carbocycles. The molecular formula is C14H11NO. The Morgan fingerprint density at radius 1 is 1.31 bits per heavy atom. The first-order valence-corrected chi connectivity index (χ1v) is 5.13. The molecule has 1 atom stereocenters. The largest absolute Gasteiger partial charge is 0.302 e. The van der Waals surface area contributed by atoms with Crippen LogP contribution in [0, 0.1) is 11.3 Å². The van der Waals surface area contributed by atoms with Crippen molar-refractivity contribution in [2.24, 2.45) is 0 Å². The average molecular weight is 209 g/mol. The normalized spacial score (nSPS) is 22.7. The molecule has 0 radical (unpaired) electrons. The van der Waals surface area contributed by atoms with E-state index in [4.69, 9.17) is 5.26 Å². The Morgan fingerprint density at radius 3 is 2.75 bits per heavy atom. The van der Waals surface area contributed by atoms with Gasteiger partial charge in [0, 0.05) is 0 Å². The molecule has 1 aliphatic rings. The Morgan fingerprint density at radius 2 is 2.12 bits per heavy atom. The Hall–Kier alpha value is -2.14. The summed E-state index contributed by atoms with van der Waals surface area (Å²) in [4.78, 5) is 11.4. The first-order valence-electron chi connectivity index (χ1n) is 5.13. The van der Waals surface area contributed by atoms with Crippen LogP contribution >= 0.6 is 0 Å². The molecule has 1 aromatic rings. The van der Waals surface area contributed by atoms with Crippen LogP contribution in [0.3, 0.4) is 0 Å². The van der Waals surface area contributed by atoms with Gasteiger partial charge in [-0.3, -0.25) is 0 Å². The zero-order chi connectivity index (χ0) is 11.4. The molecule has 0 saturated carbocycles. The number of benzene rings is 1. The molecule has 16 heavy (non-hydrogen) atoms. The summed E-state index contributed by atoms with van der Waals surface area (Å²) >= 11 is 0. The van der Waals surface area contributed by atoms with Crippen molar-refractivity contribution in [3.05, 3.63) is 59.7 Å². The maximum absolute atomic E-state index is 11.4. The summed E-state index contributed by atoms with van der Waals surface area (Å²) in [6, 6.07) is 9.38. The van der Waals surface area contributed by atoms with Crippen molar-refractivity contribution >= 4 is 6.29 Å². The monoisotopic (exact) mass is 209 g/mol. The zero-order valence-electron chi connectivity index (χ0n) is 8.76. The van der Waals surface area contributed by atoms with Gasteiger partial charge in [0.25, 0.3) is 0 Å². The maximum Gasteiger partial charge on any atom is 0.134 e. The lowest BCUT2D eigenvalue weighted by molar-refractivity contribution is -0.111. The molecule has 0 saturated heterocycles. The van der Waals surface area contributed by atoms with E-state index in [2.05, 4.69) is 6.07 Å². The van der Waals surface area contributed by atoms with Gasteiger partial charge >= 0.3 is 0 Å². The molecule has 0 fully saturated rings. The quantitative estimate of drug-likeness (QED) is 0.702. The van der Waals surface area contributed by atoms with E-state index in [0.29, 0.717) is 12.0 Å². The summed E-state index contributed by atoms with van der Waals surface area (Å²) in [7, 11) is 0. The third-order valence-electron chi connectivity index (χ3n) is 2.86. The molecule has 1 aliphatic carbocycles. The van der Waals surface area contributed by atoms with Gasteiger partial charge in [-0.2, -0.15) is 5.26 Å². The summed E-state index contributed by atoms with van der Waals surface area (Å²) in [5.41, 5.74) is 0.684. The van der Waals surface area contributed by atoms with E-state index in [1.165, 1.54) is 0 Å². The number of hydrogen-bond acceptors (Lipinski definition) is 2. The molecular weight excluding hydrogens is 198 g/mol. The molecule has 0 N–H and O–H groups in total. The van der Waals surface area contributed by atoms with Crippen molar-refractivity contribution < 1.29 is 4.79 Å². The summed E-state index contributed by atoms with van der Waals surface area (Å²) < 4.78 is 0. The van der Waals surface area contributed by atoms with E-state index in [0.717, 1.165) is 11.8 Å². The third-order valence-corrected chi connectivity index (χ3v) is 2.86. The van der Waals surface area contributed by atoms with Crippen molar-refractivity contribution in [2.75, 3.05) is 0 Å². The van der Waals surface area contributed by atoms with Crippen molar-refractivity contribution in [3.8, 4) is 6.07 Å². The SMILES string of the molecule is N#Cc1ccccc1C1(C=O)C=CC=CC1. The molecule has 0 heterocycles. The zero-order valence-corrected chi connectivity index (χ0v) is 8.76. The number of rotatable bonds is 2. The summed E-state index contributed by atoms with van der Waals surface area (Å²) in [5, 5.41) is 9.05. The molecule has 0 aliphatic heterocycles. The number of nitrogens with zero attached hydrogens (tertiary/aromatic N) is 1. The van der Waals surface area contributed by atoms with Crippen LogP contribution in [0.4, 0.5) is 0 Å². The van der Waals surface area contributed by atoms with E-state index in [9.17, 15) is 4.79 Å². The molecule has 2 nitrogen and oxygen atoms in total. The molecule has 1 unspecified atom stereocenters. The van der Waals surface area contributed by atoms with Crippen molar-refractivity contribution in [1.82, 2.24) is 0 Å². The first kappa shape index (κ1) is 10.4. The lowest BCUT2D eigenvalue weighted by Crippen LogP contribution is -2.27. The van der Waals surface area contributed by atoms with Gasteiger partial charge in [0.2, 0.25) is 0 Å². The second-order valence-electron chi connectivity index (χ2n) is 3.81. The molecule has 0 bridgehead atoms. The highest BCUT2D eigenvalue weighted by atomic mass is 16.1. The maximum atomic E-state index is 11.4. The van der Waals surface area contributed by atoms with E-state index >= 15 is 0 Å². The number of carbonyl (C=O) groups is 1. The smallest absolute Gasteiger partial charge is 0.134 e. The number of nitriles is 1. The third kappa shape index (κ3) is 1.57. The second kappa shape index (κ2) is 4.16. The number of hydrogen-bond donors (Lipinski definition) is 0. The summed E-state index contributed by atoms with van der Waals surface area (Å²) in [5.74, 6) is 0. The molecule has 0 aromatic heterocycles. The standard InChI is InChI=1S/C14H11NO/c15-10-12-6-2-3-7-13(12)14(11-16)8-4-1-5-9-14/h1-8,11H,9H2. The van der Waals surface area contributed by atoms with E-state index in [1.807, 2.05) is 42.5 Å². The summed E-state index contributed by atoms with van der Waals surface area (Å²) in [6.07, 6.45) is 9.11. The molecule has 0 amide bonds. The van der Waals surface area contributed by atoms with E-state index < -0.39 is 5.41 Å². The molecule has 0 spiro atoms. The van der Waals surface area contributed by atoms with Crippen LogP contribution in [0.15, 0.2) is 48.6 Å². The van der Waals surface area contributed by atoms with Crippen molar-refractivity contribution in [3.63, 3.8) is 0 Å². The van der Waals surface area contributed by atoms with Gasteiger partial charge in [-0.25, -0.2) is 0 Å². The average Bonchev–Trinajstić information content (AvgIpc) is 2.39. The number of allylic oxidation sites excluding steroid dienone is 4. The van der Waals surface area contributed by atoms with Crippen LogP contribution in [0.2, 0.25) is 0 Å². The first-order chi connectivity index (χ1) is 7.82. The minimum absolute atomic E-state index is 0.564. The molecule has 2 heteroatoms. The fourth-order valence-corrected chi connectivity index (χ4v) is 1.97. The van der Waals surface area contributed by atoms with Gasteiger partial charge in [0.15, 0.2) is 0 Å². The predicted molar refractivity (Wildman–Crippen MR) is 61.8 cm³/mol. The lowest BCUT2D eigenvalue weighted by atomic mass is 9.75. The van der Waals surface area contributed by atoms with Crippen LogP contribution < -0.4 is 0 Å². The minimum Gasteiger partial charge on any atom is -0.302 e. The Kier molecular flexibility index (Phi) is 2.70. The van der Waals surface area contributed by atoms with Crippen LogP contribution in [0.5, 0.6) is 0 Å². The van der Waals surface area contributed by atoms with Gasteiger partial charge in [-0.15, -0.1) is 0 Å². The van der Waals surface area contributed by atoms with Crippen molar-refractivity contribution in [2.45, 2.75) is 11.8 Å². The van der Waals surface area contributed by atoms with E-state index in [1.54, 1.807) is 6.07 Å². The van der Waals surface area contributed by atoms with Crippen molar-refractivity contribution in [1.29, 1.82) is 5.26 Å². The highest BCUT2D eigenvalue weighted by Gasteiger charge is 2.30. The van der Waals surface area contributed by atoms with Gasteiger partial charge < -0.3 is 4.79 Å². The van der Waals surface area contributed by atoms with Gasteiger partial charge in [-0.05, 0) is 18.1 Å². The Bertz CT molecular complexity index is 508. The fourth-order valence-electron chi connectivity index (χ4n) is 1.97. The minimum atomic E-state index is -0.666. The Balaban J connectivity index is 2.58. The Labute approximate surface area is 94.5 Å². The lowest BCUT2D eigenvalue weighted by Gasteiger charge is -2.26. The van der Waals surface area contributed by atoms with E-state index in [-0.39, 0.29) is 0 Å². The number of carbonyl (C=O) groups excluding carboxylic acids is 1. The van der Waals surface area contributed by atoms with Crippen LogP contribution in [-0.2, 0) is 10.2 Å². The number of aldehydes is 1. The predicted octanol–water partition coefficient (Wildman–Crippen LogP) is 2.51. The highest BCUT2D eigenvalue weighted by molar-refractivity contribution is 5.75. The van der Waals surface area contributed by atoms with Crippen LogP contribution in [-0.4, -0.2) is 6.29 Å². The highest BCUT2D eigenvalue weighted by Crippen LogP contribution is 2.32. The van der Waals surface area contributed by atoms with Gasteiger partial charge in [-0.1, -0.05) is 42.5 Å². The van der Waals surface area contributed by atoms with Crippen LogP contribution in [0.25, 0.3) is 0 Å². The second-order valence-corrected chi connectivity index (χ2v) is 3.81. The van der Waals surface area contributed by atoms with Gasteiger partial charge in [0.05, 0.1) is 17.0 Å². The van der Waals surface area contributed by atoms with Crippen LogP contribution in [0.1, 0.15) is 17.5 Å². The molecule has 2 rings (SSSR count). The topological polar surface area (TPSA) is 40.9 Å². The fraction of sp³-hybridized carbons (Fsp3) is 0.143. The van der Waals surface area contributed by atoms with Gasteiger partial charge in [0.1, 0.15) is 6.29 Å².